The van der Waals surface area contributed by atoms with Gasteiger partial charge in [-0.15, -0.1) is 11.3 Å². The van der Waals surface area contributed by atoms with Gasteiger partial charge in [-0.3, -0.25) is 4.98 Å². The van der Waals surface area contributed by atoms with Crippen molar-refractivity contribution in [1.82, 2.24) is 9.97 Å². The molecular weight excluding hydrogens is 382 g/mol. The second-order valence-corrected chi connectivity index (χ2v) is 7.36. The Hall–Kier alpha value is -2.96. The summed E-state index contributed by atoms with van der Waals surface area (Å²) in [5.41, 5.74) is 3.85. The number of aromatic nitrogens is 2. The minimum atomic E-state index is -0.992. The predicted octanol–water partition coefficient (Wildman–Crippen LogP) is 5.76. The van der Waals surface area contributed by atoms with E-state index in [9.17, 15) is 9.90 Å². The SMILES string of the molecule is Cc1ccc(Nc2c(-c3nccs3)cnc3ccc(Cl)cc23)c(C(=O)O)c1. The molecular formula is C20H14ClN3O2S. The number of halogens is 1. The zero-order chi connectivity index (χ0) is 19.0. The van der Waals surface area contributed by atoms with Gasteiger partial charge in [-0.2, -0.15) is 0 Å². The number of nitrogens with zero attached hydrogens (tertiary/aromatic N) is 2. The van der Waals surface area contributed by atoms with E-state index >= 15 is 0 Å². The Bertz CT molecular complexity index is 1160. The quantitative estimate of drug-likeness (QED) is 0.459. The van der Waals surface area contributed by atoms with Gasteiger partial charge >= 0.3 is 5.97 Å². The highest BCUT2D eigenvalue weighted by molar-refractivity contribution is 7.13. The number of rotatable bonds is 4. The van der Waals surface area contributed by atoms with Crippen molar-refractivity contribution in [2.75, 3.05) is 5.32 Å². The maximum absolute atomic E-state index is 11.7. The van der Waals surface area contributed by atoms with E-state index in [4.69, 9.17) is 11.6 Å². The highest BCUT2D eigenvalue weighted by atomic mass is 35.5. The van der Waals surface area contributed by atoms with E-state index in [2.05, 4.69) is 15.3 Å². The molecule has 0 amide bonds. The molecule has 2 aromatic carbocycles. The average molecular weight is 396 g/mol. The Labute approximate surface area is 164 Å². The first-order chi connectivity index (χ1) is 13.0. The van der Waals surface area contributed by atoms with Crippen molar-refractivity contribution in [3.63, 3.8) is 0 Å². The molecule has 0 fully saturated rings. The van der Waals surface area contributed by atoms with Crippen molar-refractivity contribution < 1.29 is 9.90 Å². The summed E-state index contributed by atoms with van der Waals surface area (Å²) >= 11 is 7.70. The molecule has 0 atom stereocenters. The third-order valence-corrected chi connectivity index (χ3v) is 5.20. The summed E-state index contributed by atoms with van der Waals surface area (Å²) in [5, 5.41) is 16.9. The molecule has 0 saturated carbocycles. The van der Waals surface area contributed by atoms with Gasteiger partial charge in [0.05, 0.1) is 28.0 Å². The second kappa shape index (κ2) is 6.98. The maximum atomic E-state index is 11.7. The summed E-state index contributed by atoms with van der Waals surface area (Å²) < 4.78 is 0. The summed E-state index contributed by atoms with van der Waals surface area (Å²) in [5.74, 6) is -0.992. The lowest BCUT2D eigenvalue weighted by atomic mass is 10.1. The molecule has 27 heavy (non-hydrogen) atoms. The van der Waals surface area contributed by atoms with Gasteiger partial charge in [-0.1, -0.05) is 23.2 Å². The number of anilines is 2. The van der Waals surface area contributed by atoms with Crippen LogP contribution in [0.4, 0.5) is 11.4 Å². The summed E-state index contributed by atoms with van der Waals surface area (Å²) in [7, 11) is 0. The molecule has 2 N–H and O–H groups in total. The molecule has 2 heterocycles. The Kier molecular flexibility index (Phi) is 4.51. The molecule has 0 aliphatic rings. The molecule has 5 nitrogen and oxygen atoms in total. The Balaban J connectivity index is 1.96. The smallest absolute Gasteiger partial charge is 0.337 e. The minimum Gasteiger partial charge on any atom is -0.478 e. The fourth-order valence-corrected chi connectivity index (χ4v) is 3.72. The third-order valence-electron chi connectivity index (χ3n) is 4.16. The van der Waals surface area contributed by atoms with Crippen LogP contribution in [0.2, 0.25) is 5.02 Å². The normalized spacial score (nSPS) is 10.9. The van der Waals surface area contributed by atoms with Crippen LogP contribution in [0.15, 0.2) is 54.2 Å². The van der Waals surface area contributed by atoms with Gasteiger partial charge in [-0.25, -0.2) is 9.78 Å². The van der Waals surface area contributed by atoms with Gasteiger partial charge < -0.3 is 10.4 Å². The standard InChI is InChI=1S/C20H14ClN3O2S/c1-11-2-4-17(14(8-11)20(25)26)24-18-13-9-12(21)3-5-16(13)23-10-15(18)19-22-6-7-27-19/h2-10H,1H3,(H,23,24)(H,25,26). The van der Waals surface area contributed by atoms with Crippen LogP contribution in [-0.4, -0.2) is 21.0 Å². The summed E-state index contributed by atoms with van der Waals surface area (Å²) in [4.78, 5) is 20.6. The van der Waals surface area contributed by atoms with Crippen LogP contribution in [0.25, 0.3) is 21.5 Å². The number of benzene rings is 2. The molecule has 134 valence electrons. The first-order valence-electron chi connectivity index (χ1n) is 8.12. The topological polar surface area (TPSA) is 75.1 Å². The number of pyridine rings is 1. The second-order valence-electron chi connectivity index (χ2n) is 6.02. The van der Waals surface area contributed by atoms with E-state index in [-0.39, 0.29) is 5.56 Å². The molecule has 7 heteroatoms. The van der Waals surface area contributed by atoms with Crippen LogP contribution in [0.3, 0.4) is 0 Å². The molecule has 0 saturated heterocycles. The van der Waals surface area contributed by atoms with Crippen molar-refractivity contribution in [2.24, 2.45) is 0 Å². The Morgan fingerprint density at radius 2 is 2.04 bits per heavy atom. The molecule has 0 bridgehead atoms. The number of nitrogens with one attached hydrogen (secondary N) is 1. The van der Waals surface area contributed by atoms with Crippen molar-refractivity contribution in [1.29, 1.82) is 0 Å². The number of aryl methyl sites for hydroxylation is 1. The van der Waals surface area contributed by atoms with Crippen molar-refractivity contribution in [3.8, 4) is 10.6 Å². The lowest BCUT2D eigenvalue weighted by Crippen LogP contribution is -2.04. The summed E-state index contributed by atoms with van der Waals surface area (Å²) in [6.07, 6.45) is 3.46. The molecule has 0 aliphatic heterocycles. The first-order valence-corrected chi connectivity index (χ1v) is 9.38. The number of aromatic carboxylic acids is 1. The molecule has 0 spiro atoms. The molecule has 0 aliphatic carbocycles. The largest absolute Gasteiger partial charge is 0.478 e. The van der Waals surface area contributed by atoms with E-state index < -0.39 is 5.97 Å². The lowest BCUT2D eigenvalue weighted by Gasteiger charge is -2.16. The highest BCUT2D eigenvalue weighted by Crippen LogP contribution is 2.38. The predicted molar refractivity (Wildman–Crippen MR) is 109 cm³/mol. The van der Waals surface area contributed by atoms with Crippen LogP contribution < -0.4 is 5.32 Å². The van der Waals surface area contributed by atoms with Crippen LogP contribution in [-0.2, 0) is 0 Å². The van der Waals surface area contributed by atoms with Gasteiger partial charge in [0.1, 0.15) is 5.01 Å². The molecule has 4 aromatic rings. The van der Waals surface area contributed by atoms with Crippen LogP contribution in [0, 0.1) is 6.92 Å². The highest BCUT2D eigenvalue weighted by Gasteiger charge is 2.17. The van der Waals surface area contributed by atoms with Crippen LogP contribution in [0.5, 0.6) is 0 Å². The number of hydrogen-bond donors (Lipinski definition) is 2. The Morgan fingerprint density at radius 1 is 1.19 bits per heavy atom. The van der Waals surface area contributed by atoms with Gasteiger partial charge in [0.15, 0.2) is 0 Å². The van der Waals surface area contributed by atoms with E-state index in [0.29, 0.717) is 10.7 Å². The summed E-state index contributed by atoms with van der Waals surface area (Å²) in [6, 6.07) is 10.7. The van der Waals surface area contributed by atoms with E-state index in [1.54, 1.807) is 30.6 Å². The number of thiazole rings is 1. The lowest BCUT2D eigenvalue weighted by molar-refractivity contribution is 0.0698. The first kappa shape index (κ1) is 17.5. The van der Waals surface area contributed by atoms with Gasteiger partial charge in [0.25, 0.3) is 0 Å². The van der Waals surface area contributed by atoms with Gasteiger partial charge in [-0.05, 0) is 37.3 Å². The van der Waals surface area contributed by atoms with Crippen LogP contribution in [0.1, 0.15) is 15.9 Å². The van der Waals surface area contributed by atoms with Crippen molar-refractivity contribution >= 4 is 51.2 Å². The number of carbonyl (C=O) groups is 1. The number of carboxylic acids is 1. The number of hydrogen-bond acceptors (Lipinski definition) is 5. The van der Waals surface area contributed by atoms with Gasteiger partial charge in [0.2, 0.25) is 0 Å². The van der Waals surface area contributed by atoms with E-state index in [1.807, 2.05) is 30.5 Å². The monoisotopic (exact) mass is 395 g/mol. The molecule has 2 aromatic heterocycles. The Morgan fingerprint density at radius 3 is 2.78 bits per heavy atom. The molecule has 4 rings (SSSR count). The zero-order valence-electron chi connectivity index (χ0n) is 14.2. The molecule has 0 radical (unpaired) electrons. The summed E-state index contributed by atoms with van der Waals surface area (Å²) in [6.45, 7) is 1.86. The van der Waals surface area contributed by atoms with E-state index in [1.165, 1.54) is 11.3 Å². The maximum Gasteiger partial charge on any atom is 0.337 e. The third kappa shape index (κ3) is 3.37. The molecule has 0 unspecified atom stereocenters. The minimum absolute atomic E-state index is 0.201. The zero-order valence-corrected chi connectivity index (χ0v) is 15.8. The van der Waals surface area contributed by atoms with Gasteiger partial charge in [0, 0.05) is 28.2 Å². The fourth-order valence-electron chi connectivity index (χ4n) is 2.90. The van der Waals surface area contributed by atoms with Crippen molar-refractivity contribution in [3.05, 3.63) is 70.3 Å². The van der Waals surface area contributed by atoms with Crippen molar-refractivity contribution in [2.45, 2.75) is 6.92 Å². The number of fused-ring (bicyclic) bond motifs is 1. The number of carboxylic acid groups (broad SMARTS) is 1. The average Bonchev–Trinajstić information content (AvgIpc) is 3.17. The van der Waals surface area contributed by atoms with Crippen LogP contribution >= 0.6 is 22.9 Å². The fraction of sp³-hybridized carbons (Fsp3) is 0.0500. The van der Waals surface area contributed by atoms with E-state index in [0.717, 1.165) is 32.7 Å².